The summed E-state index contributed by atoms with van der Waals surface area (Å²) < 4.78 is 2.15. The highest BCUT2D eigenvalue weighted by Gasteiger charge is 2.33. The van der Waals surface area contributed by atoms with Crippen LogP contribution in [0.3, 0.4) is 0 Å². The van der Waals surface area contributed by atoms with Gasteiger partial charge in [0.25, 0.3) is 0 Å². The molecule has 0 bridgehead atoms. The number of hydrogen-bond donors (Lipinski definition) is 1. The van der Waals surface area contributed by atoms with Crippen LogP contribution in [0.25, 0.3) is 10.9 Å². The van der Waals surface area contributed by atoms with Crippen LogP contribution in [0.1, 0.15) is 44.7 Å². The van der Waals surface area contributed by atoms with Gasteiger partial charge in [0, 0.05) is 18.5 Å². The Morgan fingerprint density at radius 1 is 1.19 bits per heavy atom. The van der Waals surface area contributed by atoms with Crippen LogP contribution in [0.2, 0.25) is 0 Å². The smallest absolute Gasteiger partial charge is 0.0709 e. The van der Waals surface area contributed by atoms with Crippen LogP contribution in [0, 0.1) is 5.41 Å². The molecule has 1 aromatic carbocycles. The first-order valence-electron chi connectivity index (χ1n) is 8.37. The number of aromatic nitrogens is 2. The van der Waals surface area contributed by atoms with E-state index in [4.69, 9.17) is 5.10 Å². The molecule has 3 heteroatoms. The van der Waals surface area contributed by atoms with Crippen LogP contribution in [0.5, 0.6) is 0 Å². The van der Waals surface area contributed by atoms with Crippen LogP contribution in [-0.2, 0) is 13.0 Å². The van der Waals surface area contributed by atoms with Crippen LogP contribution in [-0.4, -0.2) is 23.4 Å². The Kier molecular flexibility index (Phi) is 4.29. The number of nitrogens with zero attached hydrogens (tertiary/aromatic N) is 2. The molecule has 3 nitrogen and oxygen atoms in total. The zero-order valence-electron chi connectivity index (χ0n) is 13.4. The summed E-state index contributed by atoms with van der Waals surface area (Å²) in [5.41, 5.74) is 2.98. The van der Waals surface area contributed by atoms with Crippen molar-refractivity contribution in [2.75, 3.05) is 13.6 Å². The van der Waals surface area contributed by atoms with Crippen molar-refractivity contribution in [2.45, 2.75) is 52.0 Å². The van der Waals surface area contributed by atoms with E-state index in [1.807, 2.05) is 0 Å². The van der Waals surface area contributed by atoms with Gasteiger partial charge in [0.15, 0.2) is 0 Å². The number of aryl methyl sites for hydroxylation is 1. The van der Waals surface area contributed by atoms with Crippen LogP contribution < -0.4 is 5.32 Å². The molecule has 0 radical (unpaired) electrons. The van der Waals surface area contributed by atoms with Gasteiger partial charge in [0.2, 0.25) is 0 Å². The zero-order valence-corrected chi connectivity index (χ0v) is 13.4. The molecule has 1 N–H and O–H groups in total. The van der Waals surface area contributed by atoms with Crippen molar-refractivity contribution in [3.63, 3.8) is 0 Å². The summed E-state index contributed by atoms with van der Waals surface area (Å²) in [5, 5.41) is 9.70. The topological polar surface area (TPSA) is 29.9 Å². The number of benzene rings is 1. The van der Waals surface area contributed by atoms with Crippen molar-refractivity contribution in [3.8, 4) is 0 Å². The predicted octanol–water partition coefficient (Wildman–Crippen LogP) is 3.77. The molecule has 0 aliphatic heterocycles. The van der Waals surface area contributed by atoms with E-state index in [9.17, 15) is 0 Å². The zero-order chi connectivity index (χ0) is 14.7. The number of nitrogens with one attached hydrogen (secondary N) is 1. The summed E-state index contributed by atoms with van der Waals surface area (Å²) in [4.78, 5) is 0. The highest BCUT2D eigenvalue weighted by Crippen LogP contribution is 2.39. The molecule has 0 unspecified atom stereocenters. The minimum absolute atomic E-state index is 0.405. The van der Waals surface area contributed by atoms with E-state index in [-0.39, 0.29) is 0 Å². The van der Waals surface area contributed by atoms with Crippen molar-refractivity contribution in [2.24, 2.45) is 5.41 Å². The lowest BCUT2D eigenvalue weighted by atomic mass is 9.71. The molecule has 1 aliphatic carbocycles. The minimum atomic E-state index is 0.405. The standard InChI is InChI=1S/C18H27N3/c1-3-21-17-10-6-5-9-15(17)16(20-21)13-18(14-19-2)11-7-4-8-12-18/h5-6,9-10,19H,3-4,7-8,11-14H2,1-2H3. The molecule has 2 aromatic rings. The van der Waals surface area contributed by atoms with E-state index < -0.39 is 0 Å². The molecule has 3 rings (SSSR count). The minimum Gasteiger partial charge on any atom is -0.319 e. The van der Waals surface area contributed by atoms with Gasteiger partial charge < -0.3 is 5.32 Å². The normalized spacial score (nSPS) is 18.2. The van der Waals surface area contributed by atoms with E-state index in [2.05, 4.69) is 48.2 Å². The monoisotopic (exact) mass is 285 g/mol. The van der Waals surface area contributed by atoms with E-state index in [0.29, 0.717) is 5.41 Å². The molecule has 0 saturated heterocycles. The molecule has 0 spiro atoms. The van der Waals surface area contributed by atoms with Gasteiger partial charge in [-0.25, -0.2) is 0 Å². The maximum Gasteiger partial charge on any atom is 0.0709 e. The number of rotatable bonds is 5. The summed E-state index contributed by atoms with van der Waals surface area (Å²) in [6.45, 7) is 4.23. The molecule has 0 amide bonds. The Morgan fingerprint density at radius 2 is 1.95 bits per heavy atom. The second-order valence-electron chi connectivity index (χ2n) is 6.55. The van der Waals surface area contributed by atoms with E-state index >= 15 is 0 Å². The second kappa shape index (κ2) is 6.18. The third-order valence-corrected chi connectivity index (χ3v) is 5.04. The van der Waals surface area contributed by atoms with Crippen molar-refractivity contribution in [1.82, 2.24) is 15.1 Å². The van der Waals surface area contributed by atoms with Crippen LogP contribution in [0.4, 0.5) is 0 Å². The highest BCUT2D eigenvalue weighted by molar-refractivity contribution is 5.82. The molecule has 1 fully saturated rings. The van der Waals surface area contributed by atoms with Gasteiger partial charge in [0.05, 0.1) is 11.2 Å². The Morgan fingerprint density at radius 3 is 2.67 bits per heavy atom. The van der Waals surface area contributed by atoms with E-state index in [1.54, 1.807) is 0 Å². The SMILES string of the molecule is CCn1nc(CC2(CNC)CCCCC2)c2ccccc21. The molecule has 1 saturated carbocycles. The predicted molar refractivity (Wildman–Crippen MR) is 88.6 cm³/mol. The maximum absolute atomic E-state index is 4.92. The van der Waals surface area contributed by atoms with Gasteiger partial charge in [-0.1, -0.05) is 37.5 Å². The van der Waals surface area contributed by atoms with Crippen molar-refractivity contribution >= 4 is 10.9 Å². The molecule has 1 heterocycles. The number of para-hydroxylation sites is 1. The van der Waals surface area contributed by atoms with Gasteiger partial charge in [-0.05, 0) is 44.7 Å². The third kappa shape index (κ3) is 2.84. The average molecular weight is 285 g/mol. The fraction of sp³-hybridized carbons (Fsp3) is 0.611. The van der Waals surface area contributed by atoms with Gasteiger partial charge >= 0.3 is 0 Å². The lowest BCUT2D eigenvalue weighted by Crippen LogP contribution is -2.36. The second-order valence-corrected chi connectivity index (χ2v) is 6.55. The molecule has 114 valence electrons. The number of hydrogen-bond acceptors (Lipinski definition) is 2. The largest absolute Gasteiger partial charge is 0.319 e. The van der Waals surface area contributed by atoms with E-state index in [1.165, 1.54) is 48.7 Å². The first kappa shape index (κ1) is 14.6. The van der Waals surface area contributed by atoms with Gasteiger partial charge in [0.1, 0.15) is 0 Å². The lowest BCUT2D eigenvalue weighted by molar-refractivity contribution is 0.183. The Hall–Kier alpha value is -1.35. The first-order chi connectivity index (χ1) is 10.3. The molecule has 1 aromatic heterocycles. The number of fused-ring (bicyclic) bond motifs is 1. The van der Waals surface area contributed by atoms with Crippen molar-refractivity contribution in [1.29, 1.82) is 0 Å². The van der Waals surface area contributed by atoms with Crippen LogP contribution in [0.15, 0.2) is 24.3 Å². The molecule has 21 heavy (non-hydrogen) atoms. The van der Waals surface area contributed by atoms with Crippen LogP contribution >= 0.6 is 0 Å². The highest BCUT2D eigenvalue weighted by atomic mass is 15.3. The van der Waals surface area contributed by atoms with Crippen molar-refractivity contribution < 1.29 is 0 Å². The van der Waals surface area contributed by atoms with Gasteiger partial charge in [-0.15, -0.1) is 0 Å². The van der Waals surface area contributed by atoms with Gasteiger partial charge in [-0.2, -0.15) is 5.10 Å². The molecule has 0 atom stereocenters. The molecule has 1 aliphatic rings. The quantitative estimate of drug-likeness (QED) is 0.906. The third-order valence-electron chi connectivity index (χ3n) is 5.04. The summed E-state index contributed by atoms with van der Waals surface area (Å²) in [7, 11) is 2.08. The summed E-state index contributed by atoms with van der Waals surface area (Å²) >= 11 is 0. The lowest BCUT2D eigenvalue weighted by Gasteiger charge is -2.37. The fourth-order valence-electron chi connectivity index (χ4n) is 4.02. The van der Waals surface area contributed by atoms with Crippen molar-refractivity contribution in [3.05, 3.63) is 30.0 Å². The average Bonchev–Trinajstić information content (AvgIpc) is 2.86. The summed E-state index contributed by atoms with van der Waals surface area (Å²) in [6.07, 6.45) is 7.92. The Balaban J connectivity index is 1.96. The first-order valence-corrected chi connectivity index (χ1v) is 8.37. The Labute approximate surface area is 127 Å². The van der Waals surface area contributed by atoms with Gasteiger partial charge in [-0.3, -0.25) is 4.68 Å². The summed E-state index contributed by atoms with van der Waals surface area (Å²) in [6, 6.07) is 8.68. The molecular formula is C18H27N3. The van der Waals surface area contributed by atoms with E-state index in [0.717, 1.165) is 19.5 Å². The summed E-state index contributed by atoms with van der Waals surface area (Å²) in [5.74, 6) is 0. The fourth-order valence-corrected chi connectivity index (χ4v) is 4.02. The molecular weight excluding hydrogens is 258 g/mol. The maximum atomic E-state index is 4.92. The Bertz CT molecular complexity index is 588.